The minimum atomic E-state index is -0.360. The van der Waals surface area contributed by atoms with Gasteiger partial charge in [0.25, 0.3) is 5.91 Å². The Labute approximate surface area is 133 Å². The van der Waals surface area contributed by atoms with Crippen molar-refractivity contribution in [2.75, 3.05) is 6.61 Å². The molecule has 2 aromatic rings. The average Bonchev–Trinajstić information content (AvgIpc) is 3.14. The molecule has 0 atom stereocenters. The number of aryl methyl sites for hydroxylation is 1. The summed E-state index contributed by atoms with van der Waals surface area (Å²) < 4.78 is 5.30. The Hall–Kier alpha value is -2.83. The van der Waals surface area contributed by atoms with Gasteiger partial charge in [0.1, 0.15) is 0 Å². The minimum absolute atomic E-state index is 0.00647. The number of H-pyrrole nitrogens is 1. The number of fused-ring (bicyclic) bond motifs is 1. The van der Waals surface area contributed by atoms with Gasteiger partial charge in [-0.3, -0.25) is 9.89 Å². The lowest BCUT2D eigenvalue weighted by atomic mass is 10.2. The monoisotopic (exact) mass is 314 g/mol. The van der Waals surface area contributed by atoms with Gasteiger partial charge in [0, 0.05) is 16.8 Å². The van der Waals surface area contributed by atoms with Crippen LogP contribution in [0, 0.1) is 0 Å². The van der Waals surface area contributed by atoms with Gasteiger partial charge in [-0.15, -0.1) is 0 Å². The lowest BCUT2D eigenvalue weighted by molar-refractivity contribution is 0.0949. The maximum Gasteiger partial charge on any atom is 0.292 e. The van der Waals surface area contributed by atoms with Crippen LogP contribution in [-0.2, 0) is 12.8 Å². The number of para-hydroxylation sites is 1. The molecular formula is C16H18N4O3. The fraction of sp³-hybridized carbons (Fsp3) is 0.312. The van der Waals surface area contributed by atoms with Crippen molar-refractivity contribution < 1.29 is 14.6 Å². The molecule has 0 radical (unpaired) electrons. The van der Waals surface area contributed by atoms with Gasteiger partial charge in [0.2, 0.25) is 0 Å². The number of phenols is 1. The SMILES string of the molecule is CCOc1cccc(/C=N\NC(=O)c2n[nH]c3c2CCC3)c1O. The third-order valence-electron chi connectivity index (χ3n) is 3.72. The summed E-state index contributed by atoms with van der Waals surface area (Å²) in [7, 11) is 0. The van der Waals surface area contributed by atoms with Gasteiger partial charge in [0.15, 0.2) is 17.2 Å². The first-order chi connectivity index (χ1) is 11.2. The molecule has 0 fully saturated rings. The maximum absolute atomic E-state index is 12.1. The first kappa shape index (κ1) is 15.1. The van der Waals surface area contributed by atoms with Crippen LogP contribution >= 0.6 is 0 Å². The van der Waals surface area contributed by atoms with Crippen LogP contribution in [0.1, 0.15) is 40.7 Å². The van der Waals surface area contributed by atoms with Crippen LogP contribution in [0.5, 0.6) is 11.5 Å². The second-order valence-electron chi connectivity index (χ2n) is 5.21. The number of phenolic OH excluding ortho intramolecular Hbond substituents is 1. The number of rotatable bonds is 5. The van der Waals surface area contributed by atoms with Crippen LogP contribution in [0.15, 0.2) is 23.3 Å². The van der Waals surface area contributed by atoms with Crippen LogP contribution in [-0.4, -0.2) is 34.0 Å². The zero-order valence-electron chi connectivity index (χ0n) is 12.8. The molecule has 0 unspecified atom stereocenters. The molecule has 3 rings (SSSR count). The van der Waals surface area contributed by atoms with E-state index in [4.69, 9.17) is 4.74 Å². The highest BCUT2D eigenvalue weighted by Crippen LogP contribution is 2.28. The summed E-state index contributed by atoms with van der Waals surface area (Å²) in [5.74, 6) is 0.0158. The number of aromatic nitrogens is 2. The highest BCUT2D eigenvalue weighted by molar-refractivity contribution is 5.95. The summed E-state index contributed by atoms with van der Waals surface area (Å²) >= 11 is 0. The van der Waals surface area contributed by atoms with E-state index in [0.29, 0.717) is 23.6 Å². The molecule has 3 N–H and O–H groups in total. The molecule has 23 heavy (non-hydrogen) atoms. The topological polar surface area (TPSA) is 99.6 Å². The summed E-state index contributed by atoms with van der Waals surface area (Å²) in [6, 6.07) is 5.09. The molecule has 1 heterocycles. The second kappa shape index (κ2) is 6.51. The fourth-order valence-corrected chi connectivity index (χ4v) is 2.64. The molecule has 1 aliphatic rings. The van der Waals surface area contributed by atoms with Gasteiger partial charge in [-0.25, -0.2) is 5.43 Å². The normalized spacial score (nSPS) is 13.3. The number of amides is 1. The van der Waals surface area contributed by atoms with Crippen molar-refractivity contribution in [2.24, 2.45) is 5.10 Å². The van der Waals surface area contributed by atoms with Crippen LogP contribution < -0.4 is 10.2 Å². The van der Waals surface area contributed by atoms with E-state index in [1.807, 2.05) is 6.92 Å². The van der Waals surface area contributed by atoms with Crippen molar-refractivity contribution in [2.45, 2.75) is 26.2 Å². The van der Waals surface area contributed by atoms with Crippen LogP contribution in [0.25, 0.3) is 0 Å². The largest absolute Gasteiger partial charge is 0.504 e. The number of nitrogens with zero attached hydrogens (tertiary/aromatic N) is 2. The van der Waals surface area contributed by atoms with Crippen LogP contribution in [0.3, 0.4) is 0 Å². The van der Waals surface area contributed by atoms with Gasteiger partial charge < -0.3 is 9.84 Å². The van der Waals surface area contributed by atoms with E-state index in [-0.39, 0.29) is 11.7 Å². The molecule has 0 saturated heterocycles. The number of carbonyl (C=O) groups is 1. The van der Waals surface area contributed by atoms with Crippen molar-refractivity contribution in [3.8, 4) is 11.5 Å². The number of carbonyl (C=O) groups excluding carboxylic acids is 1. The number of hydrogen-bond donors (Lipinski definition) is 3. The summed E-state index contributed by atoms with van der Waals surface area (Å²) in [5, 5.41) is 20.9. The highest BCUT2D eigenvalue weighted by atomic mass is 16.5. The smallest absolute Gasteiger partial charge is 0.292 e. The zero-order valence-corrected chi connectivity index (χ0v) is 12.8. The number of benzene rings is 1. The minimum Gasteiger partial charge on any atom is -0.504 e. The Bertz CT molecular complexity index is 752. The van der Waals surface area contributed by atoms with E-state index in [2.05, 4.69) is 20.7 Å². The Morgan fingerprint density at radius 2 is 2.39 bits per heavy atom. The Balaban J connectivity index is 1.69. The molecule has 120 valence electrons. The van der Waals surface area contributed by atoms with Gasteiger partial charge in [-0.05, 0) is 38.3 Å². The quantitative estimate of drug-likeness (QED) is 0.578. The van der Waals surface area contributed by atoms with Crippen molar-refractivity contribution in [3.63, 3.8) is 0 Å². The first-order valence-electron chi connectivity index (χ1n) is 7.55. The van der Waals surface area contributed by atoms with Gasteiger partial charge in [-0.2, -0.15) is 10.2 Å². The third kappa shape index (κ3) is 3.03. The van der Waals surface area contributed by atoms with E-state index in [9.17, 15) is 9.90 Å². The lowest BCUT2D eigenvalue weighted by Crippen LogP contribution is -2.19. The van der Waals surface area contributed by atoms with Crippen molar-refractivity contribution >= 4 is 12.1 Å². The van der Waals surface area contributed by atoms with Crippen molar-refractivity contribution in [1.29, 1.82) is 0 Å². The number of aromatic amines is 1. The lowest BCUT2D eigenvalue weighted by Gasteiger charge is -2.07. The van der Waals surface area contributed by atoms with Crippen LogP contribution in [0.4, 0.5) is 0 Å². The first-order valence-corrected chi connectivity index (χ1v) is 7.55. The zero-order chi connectivity index (χ0) is 16.2. The Kier molecular flexibility index (Phi) is 4.27. The molecule has 0 aliphatic heterocycles. The van der Waals surface area contributed by atoms with Crippen LogP contribution in [0.2, 0.25) is 0 Å². The standard InChI is InChI=1S/C16H18N4O3/c1-2-23-13-8-3-5-10(15(13)21)9-17-20-16(22)14-11-6-4-7-12(11)18-19-14/h3,5,8-9,21H,2,4,6-7H2,1H3,(H,18,19)(H,20,22)/b17-9-. The van der Waals surface area contributed by atoms with E-state index >= 15 is 0 Å². The van der Waals surface area contributed by atoms with E-state index in [1.54, 1.807) is 18.2 Å². The van der Waals surface area contributed by atoms with Gasteiger partial charge in [0.05, 0.1) is 12.8 Å². The fourth-order valence-electron chi connectivity index (χ4n) is 2.64. The number of hydrazone groups is 1. The number of ether oxygens (including phenoxy) is 1. The molecule has 1 aromatic heterocycles. The average molecular weight is 314 g/mol. The number of nitrogens with one attached hydrogen (secondary N) is 2. The van der Waals surface area contributed by atoms with E-state index in [0.717, 1.165) is 30.5 Å². The summed E-state index contributed by atoms with van der Waals surface area (Å²) in [6.07, 6.45) is 4.19. The molecule has 1 amide bonds. The summed E-state index contributed by atoms with van der Waals surface area (Å²) in [4.78, 5) is 12.1. The van der Waals surface area contributed by atoms with Crippen molar-refractivity contribution in [3.05, 3.63) is 40.7 Å². The maximum atomic E-state index is 12.1. The number of hydrogen-bond acceptors (Lipinski definition) is 5. The summed E-state index contributed by atoms with van der Waals surface area (Å²) in [6.45, 7) is 2.29. The molecule has 7 heteroatoms. The summed E-state index contributed by atoms with van der Waals surface area (Å²) in [5.41, 5.74) is 5.29. The molecule has 7 nitrogen and oxygen atoms in total. The van der Waals surface area contributed by atoms with Gasteiger partial charge >= 0.3 is 0 Å². The predicted octanol–water partition coefficient (Wildman–Crippen LogP) is 1.77. The Morgan fingerprint density at radius 1 is 1.52 bits per heavy atom. The molecular weight excluding hydrogens is 296 g/mol. The number of aromatic hydroxyl groups is 1. The second-order valence-corrected chi connectivity index (χ2v) is 5.21. The van der Waals surface area contributed by atoms with Gasteiger partial charge in [-0.1, -0.05) is 6.07 Å². The Morgan fingerprint density at radius 3 is 3.22 bits per heavy atom. The molecule has 1 aliphatic carbocycles. The van der Waals surface area contributed by atoms with E-state index in [1.165, 1.54) is 6.21 Å². The predicted molar refractivity (Wildman–Crippen MR) is 84.9 cm³/mol. The van der Waals surface area contributed by atoms with E-state index < -0.39 is 0 Å². The van der Waals surface area contributed by atoms with Crippen molar-refractivity contribution in [1.82, 2.24) is 15.6 Å². The highest BCUT2D eigenvalue weighted by Gasteiger charge is 2.22. The molecule has 0 spiro atoms. The third-order valence-corrected chi connectivity index (χ3v) is 3.72. The molecule has 0 bridgehead atoms. The molecule has 1 aromatic carbocycles. The molecule has 0 saturated carbocycles.